The maximum Gasteiger partial charge on any atom is 0.269 e. The zero-order chi connectivity index (χ0) is 26.9. The Morgan fingerprint density at radius 2 is 1.55 bits per heavy atom. The van der Waals surface area contributed by atoms with Crippen molar-refractivity contribution in [3.8, 4) is 0 Å². The van der Waals surface area contributed by atoms with Gasteiger partial charge >= 0.3 is 0 Å². The van der Waals surface area contributed by atoms with Crippen molar-refractivity contribution in [3.05, 3.63) is 105 Å². The predicted molar refractivity (Wildman–Crippen MR) is 135 cm³/mol. The van der Waals surface area contributed by atoms with Crippen molar-refractivity contribution in [1.82, 2.24) is 0 Å². The lowest BCUT2D eigenvalue weighted by Crippen LogP contribution is -2.51. The number of anilines is 1. The van der Waals surface area contributed by atoms with Gasteiger partial charge in [-0.05, 0) is 36.1 Å². The SMILES string of the molecule is CCc1ccc([C@H]2OC3(C(=O)c4ccccc4C3=O)[C@@H]3C(=O)N(c4ccc([N+](=O)[O-])cc4C)C(=O)[C@H]23)cc1. The molecular weight excluding hydrogens is 488 g/mol. The molecule has 3 aliphatic rings. The van der Waals surface area contributed by atoms with Gasteiger partial charge in [0, 0.05) is 23.3 Å². The van der Waals surface area contributed by atoms with E-state index in [4.69, 9.17) is 4.74 Å². The van der Waals surface area contributed by atoms with Crippen LogP contribution >= 0.6 is 0 Å². The van der Waals surface area contributed by atoms with Gasteiger partial charge < -0.3 is 4.74 Å². The molecule has 2 fully saturated rings. The molecule has 190 valence electrons. The fraction of sp³-hybridized carbons (Fsp3) is 0.241. The minimum atomic E-state index is -2.17. The molecule has 2 aliphatic heterocycles. The highest BCUT2D eigenvalue weighted by molar-refractivity contribution is 6.37. The van der Waals surface area contributed by atoms with E-state index in [9.17, 15) is 29.3 Å². The molecule has 3 aromatic rings. The monoisotopic (exact) mass is 510 g/mol. The summed E-state index contributed by atoms with van der Waals surface area (Å²) in [7, 11) is 0. The van der Waals surface area contributed by atoms with Crippen LogP contribution in [0.3, 0.4) is 0 Å². The Hall–Kier alpha value is -4.50. The fourth-order valence-electron chi connectivity index (χ4n) is 6.00. The summed E-state index contributed by atoms with van der Waals surface area (Å²) in [6, 6.07) is 17.5. The lowest BCUT2D eigenvalue weighted by Gasteiger charge is -2.27. The summed E-state index contributed by atoms with van der Waals surface area (Å²) in [5.41, 5.74) is 0.100. The molecule has 0 unspecified atom stereocenters. The number of benzene rings is 3. The maximum atomic E-state index is 14.0. The normalized spacial score (nSPS) is 23.3. The fourth-order valence-corrected chi connectivity index (χ4v) is 6.00. The van der Waals surface area contributed by atoms with Gasteiger partial charge in [0.25, 0.3) is 5.69 Å². The number of hydrogen-bond donors (Lipinski definition) is 0. The number of carbonyl (C=O) groups excluding carboxylic acids is 4. The molecule has 0 radical (unpaired) electrons. The topological polar surface area (TPSA) is 124 Å². The number of nitro groups is 1. The van der Waals surface area contributed by atoms with Crippen LogP contribution in [0.15, 0.2) is 66.7 Å². The molecule has 0 saturated carbocycles. The van der Waals surface area contributed by atoms with Gasteiger partial charge in [-0.2, -0.15) is 0 Å². The van der Waals surface area contributed by atoms with E-state index >= 15 is 0 Å². The van der Waals surface area contributed by atoms with E-state index in [-0.39, 0.29) is 22.5 Å². The number of aryl methyl sites for hydroxylation is 2. The van der Waals surface area contributed by atoms with E-state index in [0.717, 1.165) is 16.9 Å². The molecule has 3 atom stereocenters. The largest absolute Gasteiger partial charge is 0.349 e. The van der Waals surface area contributed by atoms with E-state index in [1.165, 1.54) is 30.3 Å². The number of Topliss-reactive ketones (excluding diaryl/α,β-unsaturated/α-hetero) is 2. The number of rotatable bonds is 4. The number of hydrogen-bond acceptors (Lipinski definition) is 7. The lowest BCUT2D eigenvalue weighted by atomic mass is 9.77. The van der Waals surface area contributed by atoms with Crippen molar-refractivity contribution in [1.29, 1.82) is 0 Å². The third-order valence-electron chi connectivity index (χ3n) is 7.87. The van der Waals surface area contributed by atoms with Gasteiger partial charge in [-0.25, -0.2) is 4.90 Å². The summed E-state index contributed by atoms with van der Waals surface area (Å²) in [5.74, 6) is -5.14. The first-order valence-electron chi connectivity index (χ1n) is 12.3. The number of fused-ring (bicyclic) bond motifs is 3. The highest BCUT2D eigenvalue weighted by atomic mass is 16.6. The van der Waals surface area contributed by atoms with E-state index in [1.807, 2.05) is 19.1 Å². The van der Waals surface area contributed by atoms with Crippen LogP contribution < -0.4 is 4.90 Å². The quantitative estimate of drug-likeness (QED) is 0.223. The van der Waals surface area contributed by atoms with Crippen LogP contribution in [0.4, 0.5) is 11.4 Å². The number of ketones is 2. The third-order valence-corrected chi connectivity index (χ3v) is 7.87. The molecule has 0 N–H and O–H groups in total. The van der Waals surface area contributed by atoms with Crippen molar-refractivity contribution in [2.45, 2.75) is 32.0 Å². The molecule has 0 bridgehead atoms. The molecule has 2 heterocycles. The summed E-state index contributed by atoms with van der Waals surface area (Å²) in [6.07, 6.45) is -0.230. The van der Waals surface area contributed by atoms with E-state index in [0.29, 0.717) is 11.1 Å². The third kappa shape index (κ3) is 3.02. The van der Waals surface area contributed by atoms with Crippen molar-refractivity contribution in [3.63, 3.8) is 0 Å². The molecule has 0 aromatic heterocycles. The van der Waals surface area contributed by atoms with Gasteiger partial charge in [-0.15, -0.1) is 0 Å². The molecule has 6 rings (SSSR count). The summed E-state index contributed by atoms with van der Waals surface area (Å²) in [4.78, 5) is 67.3. The highest BCUT2D eigenvalue weighted by Gasteiger charge is 2.74. The van der Waals surface area contributed by atoms with E-state index in [2.05, 4.69) is 0 Å². The van der Waals surface area contributed by atoms with Crippen LogP contribution in [0.2, 0.25) is 0 Å². The minimum Gasteiger partial charge on any atom is -0.349 e. The maximum absolute atomic E-state index is 14.0. The van der Waals surface area contributed by atoms with Crippen LogP contribution in [0.1, 0.15) is 50.4 Å². The molecule has 2 amide bonds. The standard InChI is InChI=1S/C29H22N2O7/c1-3-16-8-10-17(11-9-16)24-22-23(29(38-24)25(32)19-6-4-5-7-20(19)26(29)33)28(35)30(27(22)34)21-13-12-18(31(36)37)14-15(21)2/h4-14,22-24H,3H2,1-2H3/t22-,23-,24+/m0/s1. The average Bonchev–Trinajstić information content (AvgIpc) is 3.49. The Morgan fingerprint density at radius 3 is 2.11 bits per heavy atom. The second-order valence-electron chi connectivity index (χ2n) is 9.82. The minimum absolute atomic E-state index is 0.156. The number of nitro benzene ring substituents is 1. The lowest BCUT2D eigenvalue weighted by molar-refractivity contribution is -0.384. The van der Waals surface area contributed by atoms with Crippen molar-refractivity contribution >= 4 is 34.8 Å². The molecule has 9 nitrogen and oxygen atoms in total. The Kier molecular flexibility index (Phi) is 5.19. The first-order valence-corrected chi connectivity index (χ1v) is 12.3. The smallest absolute Gasteiger partial charge is 0.269 e. The molecule has 1 aliphatic carbocycles. The van der Waals surface area contributed by atoms with Gasteiger partial charge in [0.05, 0.1) is 28.6 Å². The van der Waals surface area contributed by atoms with Crippen LogP contribution in [-0.4, -0.2) is 33.9 Å². The van der Waals surface area contributed by atoms with Gasteiger partial charge in [0.15, 0.2) is 0 Å². The number of amides is 2. The molecule has 38 heavy (non-hydrogen) atoms. The molecule has 1 spiro atoms. The van der Waals surface area contributed by atoms with Crippen molar-refractivity contribution < 1.29 is 28.8 Å². The number of carbonyl (C=O) groups is 4. The van der Waals surface area contributed by atoms with Gasteiger partial charge in [-0.1, -0.05) is 55.5 Å². The summed E-state index contributed by atoms with van der Waals surface area (Å²) < 4.78 is 6.29. The number of nitrogens with zero attached hydrogens (tertiary/aromatic N) is 2. The zero-order valence-corrected chi connectivity index (χ0v) is 20.5. The van der Waals surface area contributed by atoms with Crippen molar-refractivity contribution in [2.75, 3.05) is 4.90 Å². The second-order valence-corrected chi connectivity index (χ2v) is 9.82. The molecule has 3 aromatic carbocycles. The Bertz CT molecular complexity index is 1540. The van der Waals surface area contributed by atoms with Crippen molar-refractivity contribution in [2.24, 2.45) is 11.8 Å². The Morgan fingerprint density at radius 1 is 0.921 bits per heavy atom. The van der Waals surface area contributed by atoms with Crippen LogP contribution in [0.5, 0.6) is 0 Å². The van der Waals surface area contributed by atoms with E-state index in [1.54, 1.807) is 31.2 Å². The molecular formula is C29H22N2O7. The second kappa shape index (κ2) is 8.26. The Balaban J connectivity index is 1.52. The van der Waals surface area contributed by atoms with Crippen LogP contribution in [0, 0.1) is 28.9 Å². The summed E-state index contributed by atoms with van der Waals surface area (Å²) in [6.45, 7) is 3.56. The summed E-state index contributed by atoms with van der Waals surface area (Å²) >= 11 is 0. The van der Waals surface area contributed by atoms with Crippen LogP contribution in [0.25, 0.3) is 0 Å². The number of non-ortho nitro benzene ring substituents is 1. The first kappa shape index (κ1) is 23.9. The predicted octanol–water partition coefficient (Wildman–Crippen LogP) is 4.16. The Labute approximate surface area is 217 Å². The summed E-state index contributed by atoms with van der Waals surface area (Å²) in [5, 5.41) is 11.2. The first-order chi connectivity index (χ1) is 18.2. The average molecular weight is 511 g/mol. The highest BCUT2D eigenvalue weighted by Crippen LogP contribution is 2.58. The zero-order valence-electron chi connectivity index (χ0n) is 20.5. The van der Waals surface area contributed by atoms with Gasteiger partial charge in [0.1, 0.15) is 0 Å². The molecule has 9 heteroatoms. The van der Waals surface area contributed by atoms with Crippen LogP contribution in [-0.2, 0) is 20.7 Å². The van der Waals surface area contributed by atoms with E-state index < -0.39 is 51.8 Å². The molecule has 2 saturated heterocycles. The van der Waals surface area contributed by atoms with Gasteiger partial charge in [-0.3, -0.25) is 29.3 Å². The number of ether oxygens (including phenoxy) is 1. The number of imide groups is 1. The van der Waals surface area contributed by atoms with Gasteiger partial charge in [0.2, 0.25) is 29.0 Å².